The summed E-state index contributed by atoms with van der Waals surface area (Å²) in [6.07, 6.45) is 7.94. The maximum Gasteiger partial charge on any atom is 0.145 e. The van der Waals surface area contributed by atoms with Crippen molar-refractivity contribution in [2.75, 3.05) is 0 Å². The Morgan fingerprint density at radius 1 is 1.00 bits per heavy atom. The molecule has 18 heavy (non-hydrogen) atoms. The molecular formula is C13H12S5. The summed E-state index contributed by atoms with van der Waals surface area (Å²) in [5.74, 6) is 3.78. The standard InChI is InChI=1S/C13H12S5/c14-13-17-11-12(18-13)16-10-8(15-11)4-7-5-1-2-6(3-5)9(7)10/h1-2,5-10H,3-4H2/t5-,6+,7-,8-,9-,10+/m1/s1. The number of fused-ring (bicyclic) bond motifs is 8. The molecule has 94 valence electrons. The predicted octanol–water partition coefficient (Wildman–Crippen LogP) is 5.32. The lowest BCUT2D eigenvalue weighted by molar-refractivity contribution is 0.369. The highest BCUT2D eigenvalue weighted by Gasteiger charge is 2.56. The first-order valence-electron chi connectivity index (χ1n) is 6.45. The third-order valence-electron chi connectivity index (χ3n) is 4.96. The molecule has 0 N–H and O–H groups in total. The van der Waals surface area contributed by atoms with Gasteiger partial charge in [-0.25, -0.2) is 0 Å². The zero-order valence-corrected chi connectivity index (χ0v) is 13.7. The van der Waals surface area contributed by atoms with Crippen molar-refractivity contribution in [1.82, 2.24) is 0 Å². The molecule has 0 unspecified atom stereocenters. The summed E-state index contributed by atoms with van der Waals surface area (Å²) in [6, 6.07) is 0. The fraction of sp³-hybridized carbons (Fsp3) is 0.615. The van der Waals surface area contributed by atoms with Crippen LogP contribution in [0.4, 0.5) is 0 Å². The van der Waals surface area contributed by atoms with Crippen LogP contribution in [0, 0.1) is 26.8 Å². The van der Waals surface area contributed by atoms with Gasteiger partial charge in [0.15, 0.2) is 0 Å². The molecule has 2 bridgehead atoms. The van der Waals surface area contributed by atoms with E-state index in [-0.39, 0.29) is 0 Å². The number of thioether (sulfide) groups is 2. The van der Waals surface area contributed by atoms with Gasteiger partial charge in [0.25, 0.3) is 0 Å². The Bertz CT molecular complexity index is 597. The Morgan fingerprint density at radius 2 is 1.78 bits per heavy atom. The van der Waals surface area contributed by atoms with E-state index < -0.39 is 0 Å². The van der Waals surface area contributed by atoms with E-state index in [1.807, 2.05) is 22.7 Å². The fourth-order valence-electron chi connectivity index (χ4n) is 4.36. The third kappa shape index (κ3) is 1.43. The van der Waals surface area contributed by atoms with Crippen LogP contribution >= 0.6 is 58.4 Å². The first-order valence-corrected chi connectivity index (χ1v) is 10.3. The third-order valence-corrected chi connectivity index (χ3v) is 11.4. The first kappa shape index (κ1) is 11.4. The van der Waals surface area contributed by atoms with Gasteiger partial charge in [0.2, 0.25) is 0 Å². The molecule has 0 radical (unpaired) electrons. The van der Waals surface area contributed by atoms with Gasteiger partial charge in [0, 0.05) is 10.5 Å². The van der Waals surface area contributed by atoms with Crippen molar-refractivity contribution in [3.05, 3.63) is 15.3 Å². The van der Waals surface area contributed by atoms with E-state index in [1.165, 1.54) is 21.3 Å². The minimum atomic E-state index is 0.864. The van der Waals surface area contributed by atoms with Gasteiger partial charge in [-0.3, -0.25) is 0 Å². The summed E-state index contributed by atoms with van der Waals surface area (Å²) in [5, 5.41) is 1.73. The second-order valence-corrected chi connectivity index (χ2v) is 11.9. The van der Waals surface area contributed by atoms with Crippen molar-refractivity contribution in [2.45, 2.75) is 31.8 Å². The Balaban J connectivity index is 1.55. The van der Waals surface area contributed by atoms with Gasteiger partial charge in [-0.2, -0.15) is 0 Å². The zero-order valence-electron chi connectivity index (χ0n) is 9.57. The van der Waals surface area contributed by atoms with Crippen LogP contribution in [0.5, 0.6) is 0 Å². The lowest BCUT2D eigenvalue weighted by atomic mass is 9.86. The van der Waals surface area contributed by atoms with E-state index >= 15 is 0 Å². The van der Waals surface area contributed by atoms with Gasteiger partial charge < -0.3 is 0 Å². The van der Waals surface area contributed by atoms with Crippen molar-refractivity contribution in [2.24, 2.45) is 23.7 Å². The number of hydrogen-bond acceptors (Lipinski definition) is 5. The molecule has 1 aliphatic heterocycles. The van der Waals surface area contributed by atoms with Crippen molar-refractivity contribution >= 4 is 58.4 Å². The van der Waals surface area contributed by atoms with Crippen LogP contribution in [-0.2, 0) is 0 Å². The predicted molar refractivity (Wildman–Crippen MR) is 84.7 cm³/mol. The monoisotopic (exact) mass is 328 g/mol. The molecule has 2 heterocycles. The number of hydrogen-bond donors (Lipinski definition) is 0. The van der Waals surface area contributed by atoms with Crippen molar-refractivity contribution in [3.8, 4) is 0 Å². The van der Waals surface area contributed by atoms with Crippen LogP contribution in [0.25, 0.3) is 0 Å². The van der Waals surface area contributed by atoms with Crippen LogP contribution in [0.15, 0.2) is 20.6 Å². The molecule has 1 aromatic rings. The van der Waals surface area contributed by atoms with E-state index in [1.54, 1.807) is 0 Å². The molecule has 3 aliphatic carbocycles. The zero-order chi connectivity index (χ0) is 11.9. The van der Waals surface area contributed by atoms with Crippen LogP contribution in [0.1, 0.15) is 12.8 Å². The van der Waals surface area contributed by atoms with Gasteiger partial charge in [-0.1, -0.05) is 24.4 Å². The maximum atomic E-state index is 5.36. The largest absolute Gasteiger partial charge is 0.145 e. The number of rotatable bonds is 0. The van der Waals surface area contributed by atoms with Crippen LogP contribution in [0.3, 0.4) is 0 Å². The number of allylic oxidation sites excluding steroid dienone is 2. The summed E-state index contributed by atoms with van der Waals surface area (Å²) >= 11 is 13.4. The Kier molecular flexibility index (Phi) is 2.45. The van der Waals surface area contributed by atoms with Crippen molar-refractivity contribution < 1.29 is 0 Å². The maximum absolute atomic E-state index is 5.36. The van der Waals surface area contributed by atoms with Gasteiger partial charge in [0.05, 0.1) is 8.42 Å². The molecule has 0 spiro atoms. The second-order valence-electron chi connectivity index (χ2n) is 5.69. The quantitative estimate of drug-likeness (QED) is 0.467. The first-order chi connectivity index (χ1) is 8.79. The summed E-state index contributed by atoms with van der Waals surface area (Å²) in [5.41, 5.74) is 0. The molecule has 5 rings (SSSR count). The summed E-state index contributed by atoms with van der Waals surface area (Å²) in [4.78, 5) is 0. The molecule has 2 saturated carbocycles. The van der Waals surface area contributed by atoms with Crippen molar-refractivity contribution in [1.29, 1.82) is 0 Å². The molecule has 2 fully saturated rings. The van der Waals surface area contributed by atoms with Gasteiger partial charge >= 0.3 is 0 Å². The summed E-state index contributed by atoms with van der Waals surface area (Å²) < 4.78 is 4.17. The van der Waals surface area contributed by atoms with Gasteiger partial charge in [-0.05, 0) is 36.5 Å². The highest BCUT2D eigenvalue weighted by Crippen LogP contribution is 2.65. The molecule has 0 nitrogen and oxygen atoms in total. The molecule has 0 aromatic carbocycles. The van der Waals surface area contributed by atoms with E-state index in [0.29, 0.717) is 0 Å². The van der Waals surface area contributed by atoms with E-state index in [0.717, 1.165) is 37.3 Å². The Hall–Kier alpha value is 0.710. The van der Waals surface area contributed by atoms with Crippen LogP contribution in [0.2, 0.25) is 0 Å². The summed E-state index contributed by atoms with van der Waals surface area (Å²) in [7, 11) is 0. The molecule has 1 aromatic heterocycles. The minimum absolute atomic E-state index is 0.864. The topological polar surface area (TPSA) is 0 Å². The van der Waals surface area contributed by atoms with E-state index in [2.05, 4.69) is 35.7 Å². The summed E-state index contributed by atoms with van der Waals surface area (Å²) in [6.45, 7) is 0. The second kappa shape index (κ2) is 3.88. The molecule has 4 aliphatic rings. The minimum Gasteiger partial charge on any atom is -0.109 e. The highest BCUT2D eigenvalue weighted by molar-refractivity contribution is 8.09. The average molecular weight is 329 g/mol. The Labute approximate surface area is 128 Å². The molecule has 6 atom stereocenters. The SMILES string of the molecule is S=c1sc2c(s1)S[C@@H]1C[C@H]3[C@H]([C@H]1S2)[C@H]1C=C[C@@H]3C1. The molecule has 0 amide bonds. The van der Waals surface area contributed by atoms with Crippen LogP contribution in [-0.4, -0.2) is 10.5 Å². The lowest BCUT2D eigenvalue weighted by Crippen LogP contribution is -2.26. The van der Waals surface area contributed by atoms with Crippen molar-refractivity contribution in [3.63, 3.8) is 0 Å². The molecule has 5 heteroatoms. The fourth-order valence-corrected chi connectivity index (χ4v) is 11.8. The average Bonchev–Trinajstić information content (AvgIpc) is 3.03. The van der Waals surface area contributed by atoms with E-state index in [9.17, 15) is 0 Å². The lowest BCUT2D eigenvalue weighted by Gasteiger charge is -2.29. The van der Waals surface area contributed by atoms with E-state index in [4.69, 9.17) is 12.2 Å². The normalized spacial score (nSPS) is 47.1. The Morgan fingerprint density at radius 3 is 2.67 bits per heavy atom. The van der Waals surface area contributed by atoms with Gasteiger partial charge in [-0.15, -0.1) is 46.2 Å². The van der Waals surface area contributed by atoms with Crippen LogP contribution < -0.4 is 0 Å². The smallest absolute Gasteiger partial charge is 0.109 e. The molecule has 0 saturated heterocycles. The molecular weight excluding hydrogens is 316 g/mol. The highest BCUT2D eigenvalue weighted by atomic mass is 32.2. The van der Waals surface area contributed by atoms with Gasteiger partial charge in [0.1, 0.15) is 3.14 Å².